The van der Waals surface area contributed by atoms with E-state index < -0.39 is 5.97 Å². The molecule has 0 aliphatic rings. The molecule has 1 aromatic heterocycles. The van der Waals surface area contributed by atoms with E-state index in [4.69, 9.17) is 9.26 Å². The first-order valence-electron chi connectivity index (χ1n) is 8.55. The molecule has 3 aromatic rings. The molecular formula is C21H20N2O4. The summed E-state index contributed by atoms with van der Waals surface area (Å²) >= 11 is 0. The number of carbonyl (C=O) groups excluding carboxylic acids is 2. The Labute approximate surface area is 157 Å². The average Bonchev–Trinajstić information content (AvgIpc) is 3.08. The molecule has 0 fully saturated rings. The largest absolute Gasteiger partial charge is 0.452 e. The molecule has 0 atom stereocenters. The van der Waals surface area contributed by atoms with Crippen LogP contribution in [-0.4, -0.2) is 23.6 Å². The topological polar surface area (TPSA) is 81.4 Å². The number of hydrogen-bond donors (Lipinski definition) is 1. The summed E-state index contributed by atoms with van der Waals surface area (Å²) in [5.74, 6) is -0.670. The molecule has 0 radical (unpaired) electrons. The van der Waals surface area contributed by atoms with E-state index in [-0.39, 0.29) is 18.1 Å². The summed E-state index contributed by atoms with van der Waals surface area (Å²) < 4.78 is 10.3. The number of benzene rings is 2. The number of amides is 1. The van der Waals surface area contributed by atoms with E-state index in [0.29, 0.717) is 18.0 Å². The molecule has 3 rings (SSSR count). The third kappa shape index (κ3) is 4.61. The Hall–Kier alpha value is -3.41. The van der Waals surface area contributed by atoms with Crippen molar-refractivity contribution in [3.05, 3.63) is 77.0 Å². The van der Waals surface area contributed by atoms with Crippen LogP contribution in [0, 0.1) is 13.8 Å². The molecule has 0 aliphatic heterocycles. The minimum Gasteiger partial charge on any atom is -0.452 e. The molecule has 0 saturated heterocycles. The summed E-state index contributed by atoms with van der Waals surface area (Å²) in [6.45, 7) is 3.63. The van der Waals surface area contributed by atoms with E-state index in [1.54, 1.807) is 6.92 Å². The highest BCUT2D eigenvalue weighted by Crippen LogP contribution is 2.25. The van der Waals surface area contributed by atoms with Crippen LogP contribution in [0.5, 0.6) is 0 Å². The summed E-state index contributed by atoms with van der Waals surface area (Å²) in [6, 6.07) is 17.0. The molecular weight excluding hydrogens is 344 g/mol. The Morgan fingerprint density at radius 2 is 1.74 bits per heavy atom. The van der Waals surface area contributed by atoms with Crippen LogP contribution in [0.25, 0.3) is 11.3 Å². The molecule has 0 aliphatic carbocycles. The number of hydrogen-bond acceptors (Lipinski definition) is 5. The number of esters is 1. The number of aromatic nitrogens is 1. The van der Waals surface area contributed by atoms with Gasteiger partial charge in [0.05, 0.1) is 0 Å². The summed E-state index contributed by atoms with van der Waals surface area (Å²) in [7, 11) is 0. The predicted molar refractivity (Wildman–Crippen MR) is 100.0 cm³/mol. The molecule has 0 bridgehead atoms. The highest BCUT2D eigenvalue weighted by atomic mass is 16.5. The number of rotatable bonds is 6. The quantitative estimate of drug-likeness (QED) is 0.678. The van der Waals surface area contributed by atoms with Gasteiger partial charge in [-0.15, -0.1) is 0 Å². The van der Waals surface area contributed by atoms with E-state index in [0.717, 1.165) is 16.7 Å². The molecule has 0 unspecified atom stereocenters. The maximum Gasteiger partial charge on any atom is 0.344 e. The second-order valence-corrected chi connectivity index (χ2v) is 6.17. The zero-order valence-corrected chi connectivity index (χ0v) is 15.2. The minimum atomic E-state index is -0.641. The van der Waals surface area contributed by atoms with E-state index in [9.17, 15) is 9.59 Å². The fourth-order valence-corrected chi connectivity index (χ4v) is 2.57. The van der Waals surface area contributed by atoms with Crippen LogP contribution in [0.2, 0.25) is 0 Å². The molecule has 0 saturated carbocycles. The maximum atomic E-state index is 12.4. The monoisotopic (exact) mass is 364 g/mol. The highest BCUT2D eigenvalue weighted by Gasteiger charge is 2.23. The van der Waals surface area contributed by atoms with Gasteiger partial charge in [0.2, 0.25) is 0 Å². The zero-order valence-electron chi connectivity index (χ0n) is 15.2. The third-order valence-corrected chi connectivity index (χ3v) is 4.06. The van der Waals surface area contributed by atoms with Gasteiger partial charge < -0.3 is 14.6 Å². The van der Waals surface area contributed by atoms with Crippen LogP contribution in [0.3, 0.4) is 0 Å². The highest BCUT2D eigenvalue weighted by molar-refractivity contribution is 5.98. The van der Waals surface area contributed by atoms with Crippen LogP contribution in [0.4, 0.5) is 0 Å². The van der Waals surface area contributed by atoms with E-state index >= 15 is 0 Å². The van der Waals surface area contributed by atoms with Crippen molar-refractivity contribution in [2.75, 3.05) is 6.61 Å². The van der Waals surface area contributed by atoms with Gasteiger partial charge in [-0.3, -0.25) is 4.79 Å². The van der Waals surface area contributed by atoms with Crippen molar-refractivity contribution in [2.24, 2.45) is 0 Å². The van der Waals surface area contributed by atoms with Crippen LogP contribution >= 0.6 is 0 Å². The standard InChI is InChI=1S/C21H20N2O4/c1-14-8-10-16(11-9-14)12-22-18(24)13-26-21(25)19-15(2)27-23-20(19)17-6-4-3-5-7-17/h3-11H,12-13H2,1-2H3,(H,22,24). The van der Waals surface area contributed by atoms with Gasteiger partial charge in [-0.25, -0.2) is 4.79 Å². The Kier molecular flexibility index (Phi) is 5.66. The number of nitrogens with one attached hydrogen (secondary N) is 1. The molecule has 2 aromatic carbocycles. The smallest absolute Gasteiger partial charge is 0.344 e. The zero-order chi connectivity index (χ0) is 19.2. The van der Waals surface area contributed by atoms with Gasteiger partial charge in [-0.2, -0.15) is 0 Å². The SMILES string of the molecule is Cc1ccc(CNC(=O)COC(=O)c2c(-c3ccccc3)noc2C)cc1. The fourth-order valence-electron chi connectivity index (χ4n) is 2.57. The second kappa shape index (κ2) is 8.31. The van der Waals surface area contributed by atoms with Gasteiger partial charge in [0.25, 0.3) is 5.91 Å². The van der Waals surface area contributed by atoms with Gasteiger partial charge >= 0.3 is 5.97 Å². The van der Waals surface area contributed by atoms with Gasteiger partial charge in [0.15, 0.2) is 6.61 Å². The van der Waals surface area contributed by atoms with Crippen LogP contribution < -0.4 is 5.32 Å². The molecule has 1 heterocycles. The molecule has 6 nitrogen and oxygen atoms in total. The molecule has 138 valence electrons. The van der Waals surface area contributed by atoms with Gasteiger partial charge in [0.1, 0.15) is 17.0 Å². The summed E-state index contributed by atoms with van der Waals surface area (Å²) in [5.41, 5.74) is 3.50. The Balaban J connectivity index is 1.59. The number of nitrogens with zero attached hydrogens (tertiary/aromatic N) is 1. The van der Waals surface area contributed by atoms with Crippen molar-refractivity contribution in [2.45, 2.75) is 20.4 Å². The molecule has 27 heavy (non-hydrogen) atoms. The van der Waals surface area contributed by atoms with Crippen molar-refractivity contribution in [1.29, 1.82) is 0 Å². The van der Waals surface area contributed by atoms with Gasteiger partial charge in [-0.1, -0.05) is 65.3 Å². The second-order valence-electron chi connectivity index (χ2n) is 6.17. The summed E-state index contributed by atoms with van der Waals surface area (Å²) in [4.78, 5) is 24.4. The van der Waals surface area contributed by atoms with Crippen molar-refractivity contribution in [1.82, 2.24) is 10.5 Å². The van der Waals surface area contributed by atoms with Crippen molar-refractivity contribution in [3.8, 4) is 11.3 Å². The minimum absolute atomic E-state index is 0.229. The normalized spacial score (nSPS) is 10.4. The van der Waals surface area contributed by atoms with E-state index in [1.165, 1.54) is 0 Å². The van der Waals surface area contributed by atoms with Crippen molar-refractivity contribution >= 4 is 11.9 Å². The van der Waals surface area contributed by atoms with E-state index in [1.807, 2.05) is 61.5 Å². The first-order chi connectivity index (χ1) is 13.0. The number of aryl methyl sites for hydroxylation is 2. The number of carbonyl (C=O) groups is 2. The third-order valence-electron chi connectivity index (χ3n) is 4.06. The average molecular weight is 364 g/mol. The van der Waals surface area contributed by atoms with Crippen LogP contribution in [-0.2, 0) is 16.1 Å². The van der Waals surface area contributed by atoms with Crippen molar-refractivity contribution in [3.63, 3.8) is 0 Å². The Morgan fingerprint density at radius 1 is 1.04 bits per heavy atom. The maximum absolute atomic E-state index is 12.4. The van der Waals surface area contributed by atoms with Crippen molar-refractivity contribution < 1.29 is 18.8 Å². The molecule has 0 spiro atoms. The Morgan fingerprint density at radius 3 is 2.44 bits per heavy atom. The molecule has 1 N–H and O–H groups in total. The lowest BCUT2D eigenvalue weighted by molar-refractivity contribution is -0.124. The lowest BCUT2D eigenvalue weighted by atomic mass is 10.1. The first kappa shape index (κ1) is 18.4. The molecule has 1 amide bonds. The number of ether oxygens (including phenoxy) is 1. The lowest BCUT2D eigenvalue weighted by Crippen LogP contribution is -2.28. The molecule has 6 heteroatoms. The van der Waals surface area contributed by atoms with Crippen LogP contribution in [0.1, 0.15) is 27.2 Å². The predicted octanol–water partition coefficient (Wildman–Crippen LogP) is 3.43. The lowest BCUT2D eigenvalue weighted by Gasteiger charge is -2.07. The fraction of sp³-hybridized carbons (Fsp3) is 0.190. The van der Waals surface area contributed by atoms with Crippen LogP contribution in [0.15, 0.2) is 59.1 Å². The summed E-state index contributed by atoms with van der Waals surface area (Å²) in [5, 5.41) is 6.67. The van der Waals surface area contributed by atoms with E-state index in [2.05, 4.69) is 10.5 Å². The Bertz CT molecular complexity index is 931. The van der Waals surface area contributed by atoms with Gasteiger partial charge in [-0.05, 0) is 19.4 Å². The van der Waals surface area contributed by atoms with Gasteiger partial charge in [0, 0.05) is 12.1 Å². The first-order valence-corrected chi connectivity index (χ1v) is 8.55. The summed E-state index contributed by atoms with van der Waals surface area (Å²) in [6.07, 6.45) is 0.